The SMILES string of the molecule is CC(C(=O)N1CCC(C(N)=O)CC1)n1nnc(-c2ccccc2)n1. The largest absolute Gasteiger partial charge is 0.369 e. The van der Waals surface area contributed by atoms with Gasteiger partial charge in [-0.1, -0.05) is 30.3 Å². The standard InChI is InChI=1S/C16H20N6O2/c1-11(16(24)21-9-7-12(8-10-21)14(17)23)22-19-15(18-20-22)13-5-3-2-4-6-13/h2-6,11-12H,7-10H2,1H3,(H2,17,23). The fraction of sp³-hybridized carbons (Fsp3) is 0.438. The zero-order chi connectivity index (χ0) is 17.1. The number of likely N-dealkylation sites (tertiary alicyclic amines) is 1. The first kappa shape index (κ1) is 16.1. The summed E-state index contributed by atoms with van der Waals surface area (Å²) in [4.78, 5) is 26.9. The van der Waals surface area contributed by atoms with Crippen LogP contribution in [-0.2, 0) is 9.59 Å². The summed E-state index contributed by atoms with van der Waals surface area (Å²) in [6.45, 7) is 2.80. The number of nitrogens with zero attached hydrogens (tertiary/aromatic N) is 5. The van der Waals surface area contributed by atoms with Crippen LogP contribution >= 0.6 is 0 Å². The summed E-state index contributed by atoms with van der Waals surface area (Å²) in [5.41, 5.74) is 6.18. The Labute approximate surface area is 139 Å². The van der Waals surface area contributed by atoms with E-state index in [9.17, 15) is 9.59 Å². The van der Waals surface area contributed by atoms with E-state index in [2.05, 4.69) is 15.4 Å². The molecule has 1 atom stereocenters. The smallest absolute Gasteiger partial charge is 0.249 e. The third kappa shape index (κ3) is 3.27. The van der Waals surface area contributed by atoms with E-state index in [1.165, 1.54) is 4.80 Å². The van der Waals surface area contributed by atoms with Crippen molar-refractivity contribution in [1.29, 1.82) is 0 Å². The number of benzene rings is 1. The van der Waals surface area contributed by atoms with E-state index in [0.29, 0.717) is 31.8 Å². The van der Waals surface area contributed by atoms with Gasteiger partial charge in [0.2, 0.25) is 17.6 Å². The van der Waals surface area contributed by atoms with Gasteiger partial charge in [0, 0.05) is 24.6 Å². The quantitative estimate of drug-likeness (QED) is 0.885. The highest BCUT2D eigenvalue weighted by Crippen LogP contribution is 2.20. The van der Waals surface area contributed by atoms with Crippen LogP contribution in [0.1, 0.15) is 25.8 Å². The summed E-state index contributed by atoms with van der Waals surface area (Å²) in [5.74, 6) is -0.0169. The molecule has 2 aromatic rings. The number of carbonyl (C=O) groups excluding carboxylic acids is 2. The molecule has 1 saturated heterocycles. The van der Waals surface area contributed by atoms with E-state index in [4.69, 9.17) is 5.73 Å². The molecule has 1 fully saturated rings. The van der Waals surface area contributed by atoms with Crippen molar-refractivity contribution in [3.05, 3.63) is 30.3 Å². The number of amides is 2. The van der Waals surface area contributed by atoms with Gasteiger partial charge in [0.1, 0.15) is 6.04 Å². The van der Waals surface area contributed by atoms with E-state index in [-0.39, 0.29) is 17.7 Å². The highest BCUT2D eigenvalue weighted by Gasteiger charge is 2.29. The van der Waals surface area contributed by atoms with E-state index in [1.807, 2.05) is 30.3 Å². The minimum Gasteiger partial charge on any atom is -0.369 e. The lowest BCUT2D eigenvalue weighted by Gasteiger charge is -2.31. The first-order chi connectivity index (χ1) is 11.6. The molecule has 1 aliphatic heterocycles. The molecule has 0 radical (unpaired) electrons. The van der Waals surface area contributed by atoms with Crippen molar-refractivity contribution in [2.24, 2.45) is 11.7 Å². The number of primary amides is 1. The molecule has 1 aromatic carbocycles. The Morgan fingerprint density at radius 3 is 2.50 bits per heavy atom. The first-order valence-electron chi connectivity index (χ1n) is 7.99. The highest BCUT2D eigenvalue weighted by molar-refractivity contribution is 5.81. The molecule has 3 rings (SSSR count). The van der Waals surface area contributed by atoms with Crippen LogP contribution in [0.2, 0.25) is 0 Å². The van der Waals surface area contributed by atoms with Crippen molar-refractivity contribution in [1.82, 2.24) is 25.1 Å². The Morgan fingerprint density at radius 2 is 1.88 bits per heavy atom. The second-order valence-electron chi connectivity index (χ2n) is 5.98. The minimum absolute atomic E-state index is 0.0741. The number of hydrogen-bond donors (Lipinski definition) is 1. The lowest BCUT2D eigenvalue weighted by molar-refractivity contribution is -0.138. The molecule has 24 heavy (non-hydrogen) atoms. The first-order valence-corrected chi connectivity index (χ1v) is 7.99. The zero-order valence-corrected chi connectivity index (χ0v) is 13.5. The molecule has 2 heterocycles. The number of rotatable bonds is 4. The third-order valence-electron chi connectivity index (χ3n) is 4.37. The number of nitrogens with two attached hydrogens (primary N) is 1. The molecule has 0 saturated carbocycles. The molecule has 2 N–H and O–H groups in total. The maximum Gasteiger partial charge on any atom is 0.249 e. The van der Waals surface area contributed by atoms with Gasteiger partial charge in [-0.25, -0.2) is 0 Å². The normalized spacial score (nSPS) is 16.8. The molecular weight excluding hydrogens is 308 g/mol. The summed E-state index contributed by atoms with van der Waals surface area (Å²) in [7, 11) is 0. The second-order valence-corrected chi connectivity index (χ2v) is 5.98. The minimum atomic E-state index is -0.542. The number of carbonyl (C=O) groups is 2. The molecule has 126 valence electrons. The van der Waals surface area contributed by atoms with Gasteiger partial charge in [-0.2, -0.15) is 4.80 Å². The Balaban J connectivity index is 1.66. The van der Waals surface area contributed by atoms with Gasteiger partial charge in [-0.15, -0.1) is 10.2 Å². The van der Waals surface area contributed by atoms with Crippen molar-refractivity contribution in [3.63, 3.8) is 0 Å². The van der Waals surface area contributed by atoms with Crippen molar-refractivity contribution >= 4 is 11.8 Å². The molecule has 8 heteroatoms. The lowest BCUT2D eigenvalue weighted by Crippen LogP contribution is -2.44. The summed E-state index contributed by atoms with van der Waals surface area (Å²) in [6, 6.07) is 8.95. The van der Waals surface area contributed by atoms with Crippen molar-refractivity contribution < 1.29 is 9.59 Å². The van der Waals surface area contributed by atoms with Crippen LogP contribution in [0.4, 0.5) is 0 Å². The topological polar surface area (TPSA) is 107 Å². The van der Waals surface area contributed by atoms with E-state index >= 15 is 0 Å². The predicted molar refractivity (Wildman–Crippen MR) is 86.5 cm³/mol. The van der Waals surface area contributed by atoms with Gasteiger partial charge in [0.25, 0.3) is 0 Å². The van der Waals surface area contributed by atoms with E-state index in [0.717, 1.165) is 5.56 Å². The number of piperidine rings is 1. The van der Waals surface area contributed by atoms with E-state index < -0.39 is 6.04 Å². The van der Waals surface area contributed by atoms with Crippen LogP contribution in [0.15, 0.2) is 30.3 Å². The summed E-state index contributed by atoms with van der Waals surface area (Å²) in [5, 5.41) is 12.3. The molecule has 0 spiro atoms. The average molecular weight is 328 g/mol. The average Bonchev–Trinajstić information content (AvgIpc) is 3.11. The van der Waals surface area contributed by atoms with Gasteiger partial charge >= 0.3 is 0 Å². The summed E-state index contributed by atoms with van der Waals surface area (Å²) < 4.78 is 0. The number of hydrogen-bond acceptors (Lipinski definition) is 5. The van der Waals surface area contributed by atoms with Crippen LogP contribution in [0.25, 0.3) is 11.4 Å². The Hall–Kier alpha value is -2.77. The molecule has 1 aliphatic rings. The van der Waals surface area contributed by atoms with Crippen molar-refractivity contribution in [3.8, 4) is 11.4 Å². The summed E-state index contributed by atoms with van der Waals surface area (Å²) >= 11 is 0. The molecular formula is C16H20N6O2. The van der Waals surface area contributed by atoms with Gasteiger partial charge in [-0.3, -0.25) is 9.59 Å². The van der Waals surface area contributed by atoms with Crippen LogP contribution in [0.3, 0.4) is 0 Å². The van der Waals surface area contributed by atoms with Gasteiger partial charge in [0.15, 0.2) is 0 Å². The van der Waals surface area contributed by atoms with Crippen LogP contribution in [-0.4, -0.2) is 50.0 Å². The monoisotopic (exact) mass is 328 g/mol. The summed E-state index contributed by atoms with van der Waals surface area (Å²) in [6.07, 6.45) is 1.21. The fourth-order valence-electron chi connectivity index (χ4n) is 2.84. The molecule has 1 aromatic heterocycles. The van der Waals surface area contributed by atoms with Crippen LogP contribution in [0, 0.1) is 5.92 Å². The Bertz CT molecular complexity index is 721. The zero-order valence-electron chi connectivity index (χ0n) is 13.5. The van der Waals surface area contributed by atoms with Crippen molar-refractivity contribution in [2.45, 2.75) is 25.8 Å². The van der Waals surface area contributed by atoms with Gasteiger partial charge in [0.05, 0.1) is 0 Å². The van der Waals surface area contributed by atoms with Crippen LogP contribution in [0.5, 0.6) is 0 Å². The molecule has 0 bridgehead atoms. The lowest BCUT2D eigenvalue weighted by atomic mass is 9.96. The van der Waals surface area contributed by atoms with Crippen molar-refractivity contribution in [2.75, 3.05) is 13.1 Å². The maximum atomic E-state index is 12.6. The van der Waals surface area contributed by atoms with Gasteiger partial charge in [-0.05, 0) is 25.0 Å². The molecule has 0 aliphatic carbocycles. The van der Waals surface area contributed by atoms with Crippen LogP contribution < -0.4 is 5.73 Å². The van der Waals surface area contributed by atoms with E-state index in [1.54, 1.807) is 11.8 Å². The predicted octanol–water partition coefficient (Wildman–Crippen LogP) is 0.625. The Morgan fingerprint density at radius 1 is 1.21 bits per heavy atom. The highest BCUT2D eigenvalue weighted by atomic mass is 16.2. The molecule has 2 amide bonds. The molecule has 1 unspecified atom stereocenters. The number of tetrazole rings is 1. The van der Waals surface area contributed by atoms with Gasteiger partial charge < -0.3 is 10.6 Å². The number of aromatic nitrogens is 4. The molecule has 8 nitrogen and oxygen atoms in total. The second kappa shape index (κ2) is 6.77. The fourth-order valence-corrected chi connectivity index (χ4v) is 2.84. The maximum absolute atomic E-state index is 12.6. The third-order valence-corrected chi connectivity index (χ3v) is 4.37. The Kier molecular flexibility index (Phi) is 4.54.